The summed E-state index contributed by atoms with van der Waals surface area (Å²) in [6, 6.07) is 19.6. The predicted molar refractivity (Wildman–Crippen MR) is 116 cm³/mol. The van der Waals surface area contributed by atoms with Gasteiger partial charge in [-0.25, -0.2) is 4.98 Å². The monoisotopic (exact) mass is 408 g/mol. The number of nitriles is 1. The first-order chi connectivity index (χ1) is 13.6. The van der Waals surface area contributed by atoms with Gasteiger partial charge in [0.15, 0.2) is 5.13 Å². The first-order valence-electron chi connectivity index (χ1n) is 8.83. The molecule has 0 saturated carbocycles. The van der Waals surface area contributed by atoms with Crippen LogP contribution >= 0.6 is 23.3 Å². The van der Waals surface area contributed by atoms with E-state index in [9.17, 15) is 4.79 Å². The highest BCUT2D eigenvalue weighted by atomic mass is 32.2. The molecule has 0 atom stereocenters. The Morgan fingerprint density at radius 3 is 2.57 bits per heavy atom. The smallest absolute Gasteiger partial charge is 0.280 e. The Bertz CT molecular complexity index is 978. The minimum Gasteiger partial charge on any atom is -0.313 e. The number of hydrogen-bond donors (Lipinski definition) is 1. The average Bonchev–Trinajstić information content (AvgIpc) is 3.12. The van der Waals surface area contributed by atoms with Crippen molar-refractivity contribution in [2.24, 2.45) is 0 Å². The number of anilines is 2. The molecule has 7 heteroatoms. The Kier molecular flexibility index (Phi) is 6.69. The van der Waals surface area contributed by atoms with Crippen LogP contribution in [0.1, 0.15) is 33.4 Å². The van der Waals surface area contributed by atoms with Gasteiger partial charge in [0.1, 0.15) is 5.69 Å². The van der Waals surface area contributed by atoms with E-state index >= 15 is 0 Å². The Labute approximate surface area is 173 Å². The van der Waals surface area contributed by atoms with E-state index in [0.29, 0.717) is 17.8 Å². The predicted octanol–water partition coefficient (Wildman–Crippen LogP) is 5.06. The molecule has 28 heavy (non-hydrogen) atoms. The van der Waals surface area contributed by atoms with E-state index < -0.39 is 0 Å². The van der Waals surface area contributed by atoms with Gasteiger partial charge in [-0.05, 0) is 36.8 Å². The summed E-state index contributed by atoms with van der Waals surface area (Å²) in [5.41, 5.74) is 3.11. The van der Waals surface area contributed by atoms with E-state index in [1.807, 2.05) is 44.2 Å². The summed E-state index contributed by atoms with van der Waals surface area (Å²) < 4.78 is 2.81. The third-order valence-corrected chi connectivity index (χ3v) is 5.64. The second kappa shape index (κ2) is 9.40. The number of benzene rings is 2. The zero-order valence-corrected chi connectivity index (χ0v) is 17.3. The summed E-state index contributed by atoms with van der Waals surface area (Å²) in [6.45, 7) is 4.51. The number of rotatable bonds is 7. The molecule has 0 aliphatic carbocycles. The van der Waals surface area contributed by atoms with Crippen LogP contribution in [0.4, 0.5) is 10.8 Å². The number of carbonyl (C=O) groups is 1. The Morgan fingerprint density at radius 2 is 1.93 bits per heavy atom. The molecule has 5 nitrogen and oxygen atoms in total. The Balaban J connectivity index is 1.96. The van der Waals surface area contributed by atoms with Gasteiger partial charge in [-0.1, -0.05) is 49.2 Å². The zero-order valence-electron chi connectivity index (χ0n) is 15.7. The molecule has 3 aromatic rings. The summed E-state index contributed by atoms with van der Waals surface area (Å²) in [7, 11) is 0. The van der Waals surface area contributed by atoms with Crippen LogP contribution < -0.4 is 9.62 Å². The maximum atomic E-state index is 12.4. The Hall–Kier alpha value is -2.82. The van der Waals surface area contributed by atoms with Gasteiger partial charge in [0.25, 0.3) is 5.91 Å². The number of nitrogens with zero attached hydrogens (tertiary/aromatic N) is 3. The molecule has 0 radical (unpaired) electrons. The summed E-state index contributed by atoms with van der Waals surface area (Å²) in [5.74, 6) is 0.624. The average molecular weight is 409 g/mol. The number of hydrogen-bond acceptors (Lipinski definition) is 6. The largest absolute Gasteiger partial charge is 0.313 e. The summed E-state index contributed by atoms with van der Waals surface area (Å²) in [6.07, 6.45) is 0. The second-order valence-corrected chi connectivity index (χ2v) is 8.25. The highest BCUT2D eigenvalue weighted by Crippen LogP contribution is 2.33. The van der Waals surface area contributed by atoms with Crippen molar-refractivity contribution in [3.8, 4) is 6.07 Å². The van der Waals surface area contributed by atoms with Crippen molar-refractivity contribution < 1.29 is 4.79 Å². The number of nitrogens with one attached hydrogen (secondary N) is 1. The molecular formula is C21H20N4OS2. The van der Waals surface area contributed by atoms with Gasteiger partial charge in [-0.3, -0.25) is 9.52 Å². The van der Waals surface area contributed by atoms with E-state index in [0.717, 1.165) is 27.0 Å². The minimum atomic E-state index is -0.175. The van der Waals surface area contributed by atoms with Crippen molar-refractivity contribution in [3.05, 3.63) is 76.3 Å². The van der Waals surface area contributed by atoms with Crippen LogP contribution in [-0.4, -0.2) is 16.6 Å². The fourth-order valence-corrected chi connectivity index (χ4v) is 3.94. The number of aryl methyl sites for hydroxylation is 1. The third kappa shape index (κ3) is 4.71. The van der Waals surface area contributed by atoms with Crippen molar-refractivity contribution in [3.63, 3.8) is 0 Å². The lowest BCUT2D eigenvalue weighted by atomic mass is 10.2. The van der Waals surface area contributed by atoms with Gasteiger partial charge in [0.2, 0.25) is 0 Å². The fourth-order valence-electron chi connectivity index (χ4n) is 2.65. The van der Waals surface area contributed by atoms with Crippen molar-refractivity contribution in [2.75, 3.05) is 10.7 Å². The highest BCUT2D eigenvalue weighted by Gasteiger charge is 2.20. The lowest BCUT2D eigenvalue weighted by molar-refractivity contribution is 0.0980. The highest BCUT2D eigenvalue weighted by molar-refractivity contribution is 7.97. The number of aromatic nitrogens is 1. The van der Waals surface area contributed by atoms with Crippen LogP contribution in [0.15, 0.2) is 54.6 Å². The van der Waals surface area contributed by atoms with Gasteiger partial charge in [0.05, 0.1) is 18.2 Å². The molecule has 0 aliphatic rings. The van der Waals surface area contributed by atoms with Gasteiger partial charge in [-0.2, -0.15) is 5.26 Å². The van der Waals surface area contributed by atoms with Crippen LogP contribution in [0, 0.1) is 18.3 Å². The SMILES string of the molecule is CCSNC(=O)c1nc(N(Cc2ccccc2)c2ccc(C#N)cc2)sc1C. The molecule has 1 aromatic heterocycles. The maximum absolute atomic E-state index is 12.4. The first kappa shape index (κ1) is 19.9. The molecule has 1 amide bonds. The first-order valence-corrected chi connectivity index (χ1v) is 10.6. The number of amides is 1. The Morgan fingerprint density at radius 1 is 1.21 bits per heavy atom. The van der Waals surface area contributed by atoms with E-state index in [-0.39, 0.29) is 5.91 Å². The topological polar surface area (TPSA) is 69.0 Å². The molecule has 0 fully saturated rings. The second-order valence-electron chi connectivity index (χ2n) is 6.00. The zero-order chi connectivity index (χ0) is 19.9. The van der Waals surface area contributed by atoms with Crippen molar-refractivity contribution in [1.29, 1.82) is 5.26 Å². The quantitative estimate of drug-likeness (QED) is 0.554. The van der Waals surface area contributed by atoms with Crippen molar-refractivity contribution >= 4 is 40.0 Å². The maximum Gasteiger partial charge on any atom is 0.280 e. The van der Waals surface area contributed by atoms with E-state index in [1.54, 1.807) is 12.1 Å². The van der Waals surface area contributed by atoms with Gasteiger partial charge in [-0.15, -0.1) is 11.3 Å². The van der Waals surface area contributed by atoms with Crippen LogP contribution in [-0.2, 0) is 6.54 Å². The molecule has 3 rings (SSSR count). The van der Waals surface area contributed by atoms with Gasteiger partial charge < -0.3 is 4.90 Å². The molecule has 0 saturated heterocycles. The molecule has 2 aromatic carbocycles. The van der Waals surface area contributed by atoms with Crippen LogP contribution in [0.2, 0.25) is 0 Å². The number of thiazole rings is 1. The van der Waals surface area contributed by atoms with E-state index in [1.165, 1.54) is 23.3 Å². The van der Waals surface area contributed by atoms with Crippen LogP contribution in [0.25, 0.3) is 0 Å². The van der Waals surface area contributed by atoms with Crippen molar-refractivity contribution in [2.45, 2.75) is 20.4 Å². The van der Waals surface area contributed by atoms with Crippen LogP contribution in [0.3, 0.4) is 0 Å². The third-order valence-electron chi connectivity index (χ3n) is 4.03. The molecule has 1 heterocycles. The summed E-state index contributed by atoms with van der Waals surface area (Å²) >= 11 is 2.85. The molecular weight excluding hydrogens is 388 g/mol. The van der Waals surface area contributed by atoms with Gasteiger partial charge in [0, 0.05) is 16.3 Å². The number of carbonyl (C=O) groups excluding carboxylic acids is 1. The molecule has 1 N–H and O–H groups in total. The van der Waals surface area contributed by atoms with Gasteiger partial charge >= 0.3 is 0 Å². The van der Waals surface area contributed by atoms with Crippen molar-refractivity contribution in [1.82, 2.24) is 9.71 Å². The molecule has 0 aliphatic heterocycles. The molecule has 0 spiro atoms. The molecule has 0 unspecified atom stereocenters. The molecule has 142 valence electrons. The summed E-state index contributed by atoms with van der Waals surface area (Å²) in [5, 5.41) is 9.82. The summed E-state index contributed by atoms with van der Waals surface area (Å²) in [4.78, 5) is 20.0. The van der Waals surface area contributed by atoms with E-state index in [4.69, 9.17) is 5.26 Å². The molecule has 0 bridgehead atoms. The van der Waals surface area contributed by atoms with E-state index in [2.05, 4.69) is 32.8 Å². The van der Waals surface area contributed by atoms with Crippen LogP contribution in [0.5, 0.6) is 0 Å². The fraction of sp³-hybridized carbons (Fsp3) is 0.190. The lowest BCUT2D eigenvalue weighted by Gasteiger charge is -2.22. The standard InChI is InChI=1S/C21H20N4OS2/c1-3-27-24-20(26)19-15(2)28-21(23-19)25(14-17-7-5-4-6-8-17)18-11-9-16(13-22)10-12-18/h4-12H,3,14H2,1-2H3,(H,24,26). The minimum absolute atomic E-state index is 0.175. The normalized spacial score (nSPS) is 10.3. The lowest BCUT2D eigenvalue weighted by Crippen LogP contribution is -2.19.